The minimum Gasteiger partial charge on any atom is -0.353 e. The van der Waals surface area contributed by atoms with Crippen LogP contribution >= 0.6 is 15.9 Å². The molecule has 0 atom stereocenters. The molecule has 0 unspecified atom stereocenters. The molecule has 0 fully saturated rings. The van der Waals surface area contributed by atoms with E-state index < -0.39 is 0 Å². The third-order valence-corrected chi connectivity index (χ3v) is 4.39. The quantitative estimate of drug-likeness (QED) is 0.581. The second kappa shape index (κ2) is 5.89. The van der Waals surface area contributed by atoms with E-state index in [0.717, 1.165) is 38.6 Å². The molecule has 1 aliphatic rings. The number of rotatable bonds is 1. The van der Waals surface area contributed by atoms with E-state index in [9.17, 15) is 0 Å². The number of benzene rings is 3. The lowest BCUT2D eigenvalue weighted by Gasteiger charge is -2.10. The van der Waals surface area contributed by atoms with E-state index in [2.05, 4.69) is 44.8 Å². The third kappa shape index (κ3) is 2.73. The monoisotopic (exact) mass is 363 g/mol. The van der Waals surface area contributed by atoms with Gasteiger partial charge in [0.1, 0.15) is 5.84 Å². The Balaban J connectivity index is 1.90. The number of anilines is 3. The van der Waals surface area contributed by atoms with Crippen LogP contribution in [0.1, 0.15) is 5.56 Å². The second-order valence-electron chi connectivity index (χ2n) is 5.25. The van der Waals surface area contributed by atoms with Gasteiger partial charge in [0, 0.05) is 15.7 Å². The molecule has 0 bridgehead atoms. The molecule has 4 rings (SSSR count). The SMILES string of the molecule is Brc1ccccc1N=C1Nc2ccccc2Nc2ccccc21. The minimum absolute atomic E-state index is 0.824. The Bertz CT molecular complexity index is 902. The highest BCUT2D eigenvalue weighted by atomic mass is 79.9. The van der Waals surface area contributed by atoms with Crippen molar-refractivity contribution in [1.29, 1.82) is 0 Å². The number of hydrogen-bond donors (Lipinski definition) is 2. The van der Waals surface area contributed by atoms with Gasteiger partial charge in [-0.1, -0.05) is 36.4 Å². The molecule has 2 N–H and O–H groups in total. The van der Waals surface area contributed by atoms with Crippen molar-refractivity contribution >= 4 is 44.5 Å². The van der Waals surface area contributed by atoms with Gasteiger partial charge in [0.15, 0.2) is 0 Å². The molecule has 0 saturated carbocycles. The highest BCUT2D eigenvalue weighted by Gasteiger charge is 2.17. The molecule has 1 aliphatic heterocycles. The Morgan fingerprint density at radius 3 is 2.04 bits per heavy atom. The fourth-order valence-corrected chi connectivity index (χ4v) is 2.96. The average molecular weight is 364 g/mol. The zero-order chi connectivity index (χ0) is 15.6. The summed E-state index contributed by atoms with van der Waals surface area (Å²) in [6.45, 7) is 0. The van der Waals surface area contributed by atoms with Gasteiger partial charge >= 0.3 is 0 Å². The van der Waals surface area contributed by atoms with Crippen molar-refractivity contribution in [2.45, 2.75) is 0 Å². The first-order valence-corrected chi connectivity index (χ1v) is 8.16. The minimum atomic E-state index is 0.824. The molecule has 3 aromatic carbocycles. The third-order valence-electron chi connectivity index (χ3n) is 3.72. The zero-order valence-corrected chi connectivity index (χ0v) is 13.8. The van der Waals surface area contributed by atoms with Crippen LogP contribution in [-0.4, -0.2) is 5.84 Å². The number of halogens is 1. The maximum Gasteiger partial charge on any atom is 0.140 e. The molecule has 3 nitrogen and oxygen atoms in total. The van der Waals surface area contributed by atoms with Gasteiger partial charge in [0.25, 0.3) is 0 Å². The number of nitrogens with one attached hydrogen (secondary N) is 2. The molecule has 112 valence electrons. The predicted molar refractivity (Wildman–Crippen MR) is 100 cm³/mol. The molecular formula is C19H14BrN3. The largest absolute Gasteiger partial charge is 0.353 e. The van der Waals surface area contributed by atoms with Crippen molar-refractivity contribution in [2.75, 3.05) is 10.6 Å². The van der Waals surface area contributed by atoms with E-state index in [1.54, 1.807) is 0 Å². The Kier molecular flexibility index (Phi) is 3.60. The number of hydrogen-bond acceptors (Lipinski definition) is 2. The van der Waals surface area contributed by atoms with Crippen LogP contribution in [0.2, 0.25) is 0 Å². The van der Waals surface area contributed by atoms with Crippen LogP contribution in [0.3, 0.4) is 0 Å². The topological polar surface area (TPSA) is 36.4 Å². The van der Waals surface area contributed by atoms with Gasteiger partial charge in [0.2, 0.25) is 0 Å². The highest BCUT2D eigenvalue weighted by molar-refractivity contribution is 9.10. The molecule has 0 aliphatic carbocycles. The summed E-state index contributed by atoms with van der Waals surface area (Å²) >= 11 is 3.56. The van der Waals surface area contributed by atoms with E-state index in [4.69, 9.17) is 4.99 Å². The van der Waals surface area contributed by atoms with E-state index in [1.165, 1.54) is 0 Å². The number of aliphatic imine (C=N–C) groups is 1. The van der Waals surface area contributed by atoms with Crippen LogP contribution in [-0.2, 0) is 0 Å². The number of fused-ring (bicyclic) bond motifs is 2. The molecule has 23 heavy (non-hydrogen) atoms. The van der Waals surface area contributed by atoms with Crippen molar-refractivity contribution in [3.8, 4) is 0 Å². The van der Waals surface area contributed by atoms with Gasteiger partial charge in [-0.3, -0.25) is 0 Å². The van der Waals surface area contributed by atoms with Crippen LogP contribution in [0.5, 0.6) is 0 Å². The predicted octanol–water partition coefficient (Wildman–Crippen LogP) is 5.70. The van der Waals surface area contributed by atoms with E-state index in [0.29, 0.717) is 0 Å². The lowest BCUT2D eigenvalue weighted by atomic mass is 10.1. The molecular weight excluding hydrogens is 350 g/mol. The van der Waals surface area contributed by atoms with Crippen molar-refractivity contribution in [3.63, 3.8) is 0 Å². The van der Waals surface area contributed by atoms with E-state index >= 15 is 0 Å². The molecule has 0 spiro atoms. The molecule has 0 saturated heterocycles. The van der Waals surface area contributed by atoms with Crippen molar-refractivity contribution in [1.82, 2.24) is 0 Å². The molecule has 4 heteroatoms. The van der Waals surface area contributed by atoms with Crippen LogP contribution < -0.4 is 10.6 Å². The molecule has 3 aromatic rings. The Morgan fingerprint density at radius 1 is 0.652 bits per heavy atom. The smallest absolute Gasteiger partial charge is 0.140 e. The van der Waals surface area contributed by atoms with Gasteiger partial charge in [-0.2, -0.15) is 0 Å². The van der Waals surface area contributed by atoms with Gasteiger partial charge in [-0.25, -0.2) is 4.99 Å². The van der Waals surface area contributed by atoms with Gasteiger partial charge < -0.3 is 10.6 Å². The van der Waals surface area contributed by atoms with E-state index in [1.807, 2.05) is 54.6 Å². The summed E-state index contributed by atoms with van der Waals surface area (Å²) in [6.07, 6.45) is 0. The number of nitrogens with zero attached hydrogens (tertiary/aromatic N) is 1. The zero-order valence-electron chi connectivity index (χ0n) is 12.3. The normalized spacial score (nSPS) is 14.2. The van der Waals surface area contributed by atoms with Gasteiger partial charge in [0.05, 0.1) is 17.1 Å². The van der Waals surface area contributed by atoms with Crippen LogP contribution in [0.25, 0.3) is 0 Å². The summed E-state index contributed by atoms with van der Waals surface area (Å²) in [5.74, 6) is 0.824. The first-order chi connectivity index (χ1) is 11.3. The van der Waals surface area contributed by atoms with Crippen molar-refractivity contribution in [3.05, 3.63) is 82.8 Å². The first kappa shape index (κ1) is 14.0. The summed E-state index contributed by atoms with van der Waals surface area (Å²) in [4.78, 5) is 4.84. The van der Waals surface area contributed by atoms with Crippen LogP contribution in [0.4, 0.5) is 22.7 Å². The molecule has 0 radical (unpaired) electrons. The second-order valence-corrected chi connectivity index (χ2v) is 6.11. The molecule has 0 amide bonds. The van der Waals surface area contributed by atoms with Crippen LogP contribution in [0, 0.1) is 0 Å². The van der Waals surface area contributed by atoms with Gasteiger partial charge in [-0.05, 0) is 52.3 Å². The Labute approximate surface area is 143 Å². The lowest BCUT2D eigenvalue weighted by molar-refractivity contribution is 1.46. The fraction of sp³-hybridized carbons (Fsp3) is 0. The van der Waals surface area contributed by atoms with Crippen molar-refractivity contribution < 1.29 is 0 Å². The summed E-state index contributed by atoms with van der Waals surface area (Å²) in [6, 6.07) is 24.3. The number of para-hydroxylation sites is 4. The average Bonchev–Trinajstić information content (AvgIpc) is 2.73. The lowest BCUT2D eigenvalue weighted by Crippen LogP contribution is -2.12. The maximum absolute atomic E-state index is 4.84. The molecule has 0 aromatic heterocycles. The van der Waals surface area contributed by atoms with Crippen molar-refractivity contribution in [2.24, 2.45) is 4.99 Å². The number of amidine groups is 1. The van der Waals surface area contributed by atoms with Gasteiger partial charge in [-0.15, -0.1) is 0 Å². The van der Waals surface area contributed by atoms with Crippen LogP contribution in [0.15, 0.2) is 82.3 Å². The summed E-state index contributed by atoms with van der Waals surface area (Å²) < 4.78 is 0.970. The Morgan fingerprint density at radius 2 is 1.26 bits per heavy atom. The molecule has 1 heterocycles. The summed E-state index contributed by atoms with van der Waals surface area (Å²) in [5, 5.41) is 6.94. The summed E-state index contributed by atoms with van der Waals surface area (Å²) in [5.41, 5.74) is 5.02. The first-order valence-electron chi connectivity index (χ1n) is 7.37. The Hall–Kier alpha value is -2.59. The summed E-state index contributed by atoms with van der Waals surface area (Å²) in [7, 11) is 0. The standard InChI is InChI=1S/C19H14BrN3/c20-14-8-2-4-10-16(14)22-19-13-7-1-3-9-15(13)21-17-11-5-6-12-18(17)23-19/h1-12,21H,(H,22,23). The fourth-order valence-electron chi connectivity index (χ4n) is 2.59. The highest BCUT2D eigenvalue weighted by Crippen LogP contribution is 2.33. The maximum atomic E-state index is 4.84. The van der Waals surface area contributed by atoms with E-state index in [-0.39, 0.29) is 0 Å².